The first-order chi connectivity index (χ1) is 11.0. The summed E-state index contributed by atoms with van der Waals surface area (Å²) in [5.74, 6) is -0.0642. The van der Waals surface area contributed by atoms with Crippen LogP contribution in [0.3, 0.4) is 0 Å². The maximum atomic E-state index is 12.9. The van der Waals surface area contributed by atoms with Gasteiger partial charge in [0.2, 0.25) is 15.9 Å². The maximum absolute atomic E-state index is 12.9. The fraction of sp³-hybridized carbons (Fsp3) is 0.588. The van der Waals surface area contributed by atoms with Crippen LogP contribution in [0.25, 0.3) is 0 Å². The molecule has 1 amide bonds. The predicted molar refractivity (Wildman–Crippen MR) is 95.6 cm³/mol. The molecule has 2 rings (SSSR count). The van der Waals surface area contributed by atoms with Crippen LogP contribution in [-0.2, 0) is 14.8 Å². The van der Waals surface area contributed by atoms with Gasteiger partial charge in [-0.3, -0.25) is 4.79 Å². The van der Waals surface area contributed by atoms with Gasteiger partial charge in [-0.25, -0.2) is 8.42 Å². The van der Waals surface area contributed by atoms with Crippen molar-refractivity contribution in [2.75, 3.05) is 13.1 Å². The molecule has 134 valence electrons. The van der Waals surface area contributed by atoms with Crippen LogP contribution in [-0.4, -0.2) is 37.8 Å². The summed E-state index contributed by atoms with van der Waals surface area (Å²) in [6.07, 6.45) is 1.50. The number of hydrogen-bond donors (Lipinski definition) is 1. The first-order valence-corrected chi connectivity index (χ1v) is 9.91. The van der Waals surface area contributed by atoms with Crippen molar-refractivity contribution in [3.05, 3.63) is 28.8 Å². The number of nitrogens with one attached hydrogen (secondary N) is 1. The Morgan fingerprint density at radius 1 is 1.33 bits per heavy atom. The molecule has 0 aliphatic carbocycles. The highest BCUT2D eigenvalue weighted by Crippen LogP contribution is 2.27. The molecule has 1 aromatic rings. The number of amides is 1. The minimum absolute atomic E-state index is 0.0642. The summed E-state index contributed by atoms with van der Waals surface area (Å²) in [6, 6.07) is 4.73. The molecule has 5 nitrogen and oxygen atoms in total. The molecule has 0 spiro atoms. The monoisotopic (exact) mass is 372 g/mol. The van der Waals surface area contributed by atoms with E-state index >= 15 is 0 Å². The van der Waals surface area contributed by atoms with Crippen molar-refractivity contribution in [2.45, 2.75) is 51.5 Å². The maximum Gasteiger partial charge on any atom is 0.243 e. The molecule has 1 fully saturated rings. The largest absolute Gasteiger partial charge is 0.352 e. The standard InChI is InChI=1S/C17H25ClN2O3S/c1-12-14(18)8-5-9-15(12)24(22,23)20-10-6-7-13(11-20)19-16(21)17(2,3)4/h5,8-9,13H,6-7,10-11H2,1-4H3,(H,19,21). The van der Waals surface area contributed by atoms with E-state index < -0.39 is 15.4 Å². The molecule has 1 unspecified atom stereocenters. The lowest BCUT2D eigenvalue weighted by atomic mass is 9.94. The van der Waals surface area contributed by atoms with Crippen molar-refractivity contribution in [2.24, 2.45) is 5.41 Å². The van der Waals surface area contributed by atoms with Crippen LogP contribution in [0.15, 0.2) is 23.1 Å². The van der Waals surface area contributed by atoms with E-state index in [1.165, 1.54) is 4.31 Å². The van der Waals surface area contributed by atoms with Gasteiger partial charge in [0.15, 0.2) is 0 Å². The van der Waals surface area contributed by atoms with Crippen LogP contribution in [0.5, 0.6) is 0 Å². The lowest BCUT2D eigenvalue weighted by molar-refractivity contribution is -0.129. The Morgan fingerprint density at radius 3 is 2.62 bits per heavy atom. The Morgan fingerprint density at radius 2 is 2.00 bits per heavy atom. The highest BCUT2D eigenvalue weighted by Gasteiger charge is 2.33. The Labute approximate surface area is 149 Å². The molecular weight excluding hydrogens is 348 g/mol. The van der Waals surface area contributed by atoms with Crippen molar-refractivity contribution >= 4 is 27.5 Å². The van der Waals surface area contributed by atoms with E-state index in [1.807, 2.05) is 20.8 Å². The molecule has 1 N–H and O–H groups in total. The number of hydrogen-bond acceptors (Lipinski definition) is 3. The Hall–Kier alpha value is -1.11. The van der Waals surface area contributed by atoms with Gasteiger partial charge in [-0.05, 0) is 37.5 Å². The van der Waals surface area contributed by atoms with Gasteiger partial charge in [-0.15, -0.1) is 0 Å². The van der Waals surface area contributed by atoms with E-state index in [2.05, 4.69) is 5.32 Å². The van der Waals surface area contributed by atoms with Gasteiger partial charge in [0, 0.05) is 29.6 Å². The topological polar surface area (TPSA) is 66.5 Å². The number of halogens is 1. The minimum atomic E-state index is -3.62. The van der Waals surface area contributed by atoms with E-state index in [9.17, 15) is 13.2 Å². The van der Waals surface area contributed by atoms with E-state index in [4.69, 9.17) is 11.6 Å². The van der Waals surface area contributed by atoms with Crippen LogP contribution >= 0.6 is 11.6 Å². The number of carbonyl (C=O) groups is 1. The van der Waals surface area contributed by atoms with Gasteiger partial charge in [0.1, 0.15) is 0 Å². The van der Waals surface area contributed by atoms with Gasteiger partial charge < -0.3 is 5.32 Å². The van der Waals surface area contributed by atoms with Crippen molar-refractivity contribution in [1.29, 1.82) is 0 Å². The second-order valence-electron chi connectivity index (χ2n) is 7.29. The van der Waals surface area contributed by atoms with Crippen molar-refractivity contribution in [3.8, 4) is 0 Å². The van der Waals surface area contributed by atoms with Crippen LogP contribution < -0.4 is 5.32 Å². The van der Waals surface area contributed by atoms with E-state index in [0.717, 1.165) is 6.42 Å². The van der Waals surface area contributed by atoms with E-state index in [1.54, 1.807) is 25.1 Å². The third-order valence-corrected chi connectivity index (χ3v) is 6.66. The number of benzene rings is 1. The van der Waals surface area contributed by atoms with Crippen LogP contribution in [0, 0.1) is 12.3 Å². The summed E-state index contributed by atoms with van der Waals surface area (Å²) in [4.78, 5) is 12.4. The Bertz CT molecular complexity index is 726. The van der Waals surface area contributed by atoms with Gasteiger partial charge in [0.25, 0.3) is 0 Å². The number of rotatable bonds is 3. The number of carbonyl (C=O) groups excluding carboxylic acids is 1. The number of piperidine rings is 1. The molecule has 1 saturated heterocycles. The summed E-state index contributed by atoms with van der Waals surface area (Å²) < 4.78 is 27.3. The van der Waals surface area contributed by atoms with Crippen molar-refractivity contribution in [1.82, 2.24) is 9.62 Å². The average molecular weight is 373 g/mol. The van der Waals surface area contributed by atoms with Crippen LogP contribution in [0.4, 0.5) is 0 Å². The quantitative estimate of drug-likeness (QED) is 0.886. The molecule has 0 radical (unpaired) electrons. The highest BCUT2D eigenvalue weighted by molar-refractivity contribution is 7.89. The number of nitrogens with zero attached hydrogens (tertiary/aromatic N) is 1. The third kappa shape index (κ3) is 4.10. The van der Waals surface area contributed by atoms with Crippen molar-refractivity contribution in [3.63, 3.8) is 0 Å². The summed E-state index contributed by atoms with van der Waals surface area (Å²) in [5, 5.41) is 3.40. The smallest absolute Gasteiger partial charge is 0.243 e. The molecule has 0 bridgehead atoms. The molecule has 1 heterocycles. The summed E-state index contributed by atoms with van der Waals surface area (Å²) in [5.41, 5.74) is 0.0602. The molecule has 1 aromatic carbocycles. The SMILES string of the molecule is Cc1c(Cl)cccc1S(=O)(=O)N1CCCC(NC(=O)C(C)(C)C)C1. The second kappa shape index (κ2) is 7.02. The lowest BCUT2D eigenvalue weighted by Crippen LogP contribution is -2.51. The average Bonchev–Trinajstić information content (AvgIpc) is 2.49. The zero-order chi connectivity index (χ0) is 18.1. The minimum Gasteiger partial charge on any atom is -0.352 e. The van der Waals surface area contributed by atoms with E-state index in [-0.39, 0.29) is 23.4 Å². The molecule has 0 aromatic heterocycles. The predicted octanol–water partition coefficient (Wildman–Crippen LogP) is 2.96. The summed E-state index contributed by atoms with van der Waals surface area (Å²) in [7, 11) is -3.62. The van der Waals surface area contributed by atoms with Gasteiger partial charge in [-0.1, -0.05) is 38.4 Å². The van der Waals surface area contributed by atoms with Crippen LogP contribution in [0.1, 0.15) is 39.2 Å². The molecule has 1 atom stereocenters. The van der Waals surface area contributed by atoms with Gasteiger partial charge >= 0.3 is 0 Å². The molecule has 7 heteroatoms. The lowest BCUT2D eigenvalue weighted by Gasteiger charge is -2.34. The molecule has 1 aliphatic heterocycles. The third-order valence-electron chi connectivity index (χ3n) is 4.24. The molecule has 0 saturated carbocycles. The molecular formula is C17H25ClN2O3S. The summed E-state index contributed by atoms with van der Waals surface area (Å²) >= 11 is 6.07. The summed E-state index contributed by atoms with van der Waals surface area (Å²) in [6.45, 7) is 7.98. The molecule has 1 aliphatic rings. The first-order valence-electron chi connectivity index (χ1n) is 8.09. The van der Waals surface area contributed by atoms with E-state index in [0.29, 0.717) is 23.6 Å². The van der Waals surface area contributed by atoms with Gasteiger partial charge in [-0.2, -0.15) is 4.31 Å². The Balaban J connectivity index is 2.19. The van der Waals surface area contributed by atoms with Crippen molar-refractivity contribution < 1.29 is 13.2 Å². The fourth-order valence-electron chi connectivity index (χ4n) is 2.69. The molecule has 24 heavy (non-hydrogen) atoms. The zero-order valence-corrected chi connectivity index (χ0v) is 16.2. The fourth-order valence-corrected chi connectivity index (χ4v) is 4.69. The van der Waals surface area contributed by atoms with Gasteiger partial charge in [0.05, 0.1) is 4.90 Å². The highest BCUT2D eigenvalue weighted by atomic mass is 35.5. The zero-order valence-electron chi connectivity index (χ0n) is 14.6. The Kier molecular flexibility index (Phi) is 5.62. The first kappa shape index (κ1) is 19.2. The van der Waals surface area contributed by atoms with Crippen LogP contribution in [0.2, 0.25) is 5.02 Å². The number of sulfonamides is 1. The normalized spacial score (nSPS) is 20.0. The second-order valence-corrected chi connectivity index (χ2v) is 9.60.